The average molecular weight is 319 g/mol. The highest BCUT2D eigenvalue weighted by molar-refractivity contribution is 7.92. The summed E-state index contributed by atoms with van der Waals surface area (Å²) in [6, 6.07) is 12.2. The number of sulfonamides is 1. The summed E-state index contributed by atoms with van der Waals surface area (Å²) in [6.45, 7) is 0. The molecule has 7 heteroatoms. The summed E-state index contributed by atoms with van der Waals surface area (Å²) in [4.78, 5) is 10.7. The molecule has 3 aromatic rings. The molecule has 0 radical (unpaired) electrons. The fourth-order valence-electron chi connectivity index (χ4n) is 2.01. The fourth-order valence-corrected chi connectivity index (χ4v) is 3.14. The number of benzene rings is 2. The molecule has 1 heterocycles. The molecule has 0 aliphatic carbocycles. The third kappa shape index (κ3) is 2.71. The van der Waals surface area contributed by atoms with Crippen LogP contribution in [-0.4, -0.2) is 8.42 Å². The second-order valence-corrected chi connectivity index (χ2v) is 6.19. The zero-order valence-electron chi connectivity index (χ0n) is 11.1. The largest absolute Gasteiger partial charge is 0.423 e. The lowest BCUT2D eigenvalue weighted by atomic mass is 10.2. The van der Waals surface area contributed by atoms with E-state index in [0.717, 1.165) is 6.07 Å². The lowest BCUT2D eigenvalue weighted by Gasteiger charge is -2.09. The molecule has 3 rings (SSSR count). The average Bonchev–Trinajstić information content (AvgIpc) is 2.47. The molecule has 0 saturated carbocycles. The van der Waals surface area contributed by atoms with E-state index in [9.17, 15) is 17.6 Å². The van der Waals surface area contributed by atoms with Crippen LogP contribution in [0.3, 0.4) is 0 Å². The van der Waals surface area contributed by atoms with E-state index in [1.54, 1.807) is 0 Å². The van der Waals surface area contributed by atoms with Crippen molar-refractivity contribution >= 4 is 26.7 Å². The second-order valence-electron chi connectivity index (χ2n) is 4.54. The molecule has 5 nitrogen and oxygen atoms in total. The van der Waals surface area contributed by atoms with Gasteiger partial charge >= 0.3 is 5.63 Å². The second kappa shape index (κ2) is 5.27. The first-order valence-corrected chi connectivity index (χ1v) is 7.75. The predicted octanol–water partition coefficient (Wildman–Crippen LogP) is 2.73. The van der Waals surface area contributed by atoms with Crippen LogP contribution >= 0.6 is 0 Å². The molecule has 0 bridgehead atoms. The van der Waals surface area contributed by atoms with E-state index in [-0.39, 0.29) is 5.69 Å². The van der Waals surface area contributed by atoms with E-state index in [4.69, 9.17) is 4.42 Å². The van der Waals surface area contributed by atoms with Crippen LogP contribution in [0.4, 0.5) is 10.1 Å². The molecular weight excluding hydrogens is 309 g/mol. The SMILES string of the molecule is O=c1ccc2cc(NS(=O)(=O)c3ccccc3F)ccc2o1. The third-order valence-electron chi connectivity index (χ3n) is 3.00. The van der Waals surface area contributed by atoms with Crippen molar-refractivity contribution in [2.75, 3.05) is 4.72 Å². The molecule has 0 unspecified atom stereocenters. The van der Waals surface area contributed by atoms with Gasteiger partial charge in [-0.05, 0) is 36.4 Å². The van der Waals surface area contributed by atoms with Crippen LogP contribution in [0.5, 0.6) is 0 Å². The minimum absolute atomic E-state index is 0.240. The van der Waals surface area contributed by atoms with E-state index in [0.29, 0.717) is 11.0 Å². The van der Waals surface area contributed by atoms with Gasteiger partial charge in [0.05, 0.1) is 0 Å². The van der Waals surface area contributed by atoms with Gasteiger partial charge in [-0.3, -0.25) is 4.72 Å². The number of fused-ring (bicyclic) bond motifs is 1. The zero-order chi connectivity index (χ0) is 15.7. The van der Waals surface area contributed by atoms with Gasteiger partial charge in [0.1, 0.15) is 16.3 Å². The normalized spacial score (nSPS) is 11.5. The standard InChI is InChI=1S/C15H10FNO4S/c16-12-3-1-2-4-14(12)22(19,20)17-11-6-7-13-10(9-11)5-8-15(18)21-13/h1-9,17H. The van der Waals surface area contributed by atoms with Gasteiger partial charge in [-0.1, -0.05) is 12.1 Å². The summed E-state index contributed by atoms with van der Waals surface area (Å²) in [6.07, 6.45) is 0. The first-order chi connectivity index (χ1) is 10.5. The van der Waals surface area contributed by atoms with E-state index in [1.165, 1.54) is 48.5 Å². The lowest BCUT2D eigenvalue weighted by Crippen LogP contribution is -2.14. The highest BCUT2D eigenvalue weighted by Gasteiger charge is 2.18. The van der Waals surface area contributed by atoms with Crippen LogP contribution in [0.15, 0.2) is 68.7 Å². The molecule has 112 valence electrons. The van der Waals surface area contributed by atoms with Gasteiger partial charge in [-0.2, -0.15) is 0 Å². The highest BCUT2D eigenvalue weighted by atomic mass is 32.2. The van der Waals surface area contributed by atoms with Crippen LogP contribution < -0.4 is 10.3 Å². The summed E-state index contributed by atoms with van der Waals surface area (Å²) in [7, 11) is -4.04. The van der Waals surface area contributed by atoms with Crippen LogP contribution in [0, 0.1) is 5.82 Å². The van der Waals surface area contributed by atoms with E-state index < -0.39 is 26.4 Å². The van der Waals surface area contributed by atoms with Gasteiger partial charge in [0.2, 0.25) is 0 Å². The molecule has 22 heavy (non-hydrogen) atoms. The molecule has 0 fully saturated rings. The Morgan fingerprint density at radius 3 is 2.55 bits per heavy atom. The first-order valence-electron chi connectivity index (χ1n) is 6.27. The quantitative estimate of drug-likeness (QED) is 0.753. The van der Waals surface area contributed by atoms with Crippen molar-refractivity contribution in [3.05, 3.63) is 70.8 Å². The van der Waals surface area contributed by atoms with E-state index >= 15 is 0 Å². The Balaban J connectivity index is 2.01. The minimum atomic E-state index is -4.04. The molecule has 0 spiro atoms. The molecule has 1 N–H and O–H groups in total. The molecule has 0 aliphatic heterocycles. The fraction of sp³-hybridized carbons (Fsp3) is 0. The summed E-state index contributed by atoms with van der Waals surface area (Å²) in [5.41, 5.74) is 0.0816. The minimum Gasteiger partial charge on any atom is -0.423 e. The summed E-state index contributed by atoms with van der Waals surface area (Å²) >= 11 is 0. The summed E-state index contributed by atoms with van der Waals surface area (Å²) in [5.74, 6) is -0.832. The van der Waals surface area contributed by atoms with Gasteiger partial charge in [-0.15, -0.1) is 0 Å². The predicted molar refractivity (Wildman–Crippen MR) is 79.7 cm³/mol. The Morgan fingerprint density at radius 2 is 1.77 bits per heavy atom. The van der Waals surface area contributed by atoms with Crippen molar-refractivity contribution in [2.45, 2.75) is 4.90 Å². The van der Waals surface area contributed by atoms with E-state index in [2.05, 4.69) is 4.72 Å². The molecule has 0 aliphatic rings. The maximum Gasteiger partial charge on any atom is 0.336 e. The van der Waals surface area contributed by atoms with Gasteiger partial charge in [0, 0.05) is 17.1 Å². The molecular formula is C15H10FNO4S. The Hall–Kier alpha value is -2.67. The summed E-state index contributed by atoms with van der Waals surface area (Å²) < 4.78 is 45.2. The third-order valence-corrected chi connectivity index (χ3v) is 4.41. The molecule has 0 saturated heterocycles. The Labute approximate surface area is 125 Å². The highest BCUT2D eigenvalue weighted by Crippen LogP contribution is 2.22. The Kier molecular flexibility index (Phi) is 3.42. The van der Waals surface area contributed by atoms with Crippen LogP contribution in [0.1, 0.15) is 0 Å². The Morgan fingerprint density at radius 1 is 1.00 bits per heavy atom. The number of hydrogen-bond donors (Lipinski definition) is 1. The smallest absolute Gasteiger partial charge is 0.336 e. The number of anilines is 1. The molecule has 2 aromatic carbocycles. The van der Waals surface area contributed by atoms with Crippen molar-refractivity contribution in [3.8, 4) is 0 Å². The van der Waals surface area contributed by atoms with Crippen LogP contribution in [-0.2, 0) is 10.0 Å². The number of halogens is 1. The van der Waals surface area contributed by atoms with Crippen molar-refractivity contribution in [3.63, 3.8) is 0 Å². The van der Waals surface area contributed by atoms with Gasteiger partial charge < -0.3 is 4.42 Å². The van der Waals surface area contributed by atoms with Crippen molar-refractivity contribution < 1.29 is 17.2 Å². The van der Waals surface area contributed by atoms with E-state index in [1.807, 2.05) is 0 Å². The first kappa shape index (κ1) is 14.3. The maximum absolute atomic E-state index is 13.6. The van der Waals surface area contributed by atoms with Crippen molar-refractivity contribution in [1.29, 1.82) is 0 Å². The topological polar surface area (TPSA) is 76.4 Å². The van der Waals surface area contributed by atoms with Gasteiger partial charge in [-0.25, -0.2) is 17.6 Å². The van der Waals surface area contributed by atoms with Crippen molar-refractivity contribution in [1.82, 2.24) is 0 Å². The monoisotopic (exact) mass is 319 g/mol. The molecule has 1 aromatic heterocycles. The van der Waals surface area contributed by atoms with Crippen LogP contribution in [0.25, 0.3) is 11.0 Å². The molecule has 0 amide bonds. The Bertz CT molecular complexity index is 1010. The summed E-state index contributed by atoms with van der Waals surface area (Å²) in [5, 5.41) is 0.549. The zero-order valence-corrected chi connectivity index (χ0v) is 11.9. The van der Waals surface area contributed by atoms with Gasteiger partial charge in [0.15, 0.2) is 0 Å². The lowest BCUT2D eigenvalue weighted by molar-refractivity contribution is 0.561. The maximum atomic E-state index is 13.6. The number of nitrogens with one attached hydrogen (secondary N) is 1. The van der Waals surface area contributed by atoms with Crippen LogP contribution in [0.2, 0.25) is 0 Å². The van der Waals surface area contributed by atoms with Gasteiger partial charge in [0.25, 0.3) is 10.0 Å². The number of rotatable bonds is 3. The van der Waals surface area contributed by atoms with Crippen molar-refractivity contribution in [2.24, 2.45) is 0 Å². The molecule has 0 atom stereocenters. The number of hydrogen-bond acceptors (Lipinski definition) is 4.